The average molecular weight is 335 g/mol. The lowest BCUT2D eigenvalue weighted by atomic mass is 10.3. The Morgan fingerprint density at radius 1 is 1.25 bits per heavy atom. The van der Waals surface area contributed by atoms with Gasteiger partial charge in [-0.1, -0.05) is 12.1 Å². The Labute approximate surface area is 137 Å². The number of rotatable bonds is 5. The van der Waals surface area contributed by atoms with Crippen LogP contribution >= 0.6 is 0 Å². The van der Waals surface area contributed by atoms with E-state index in [1.807, 2.05) is 0 Å². The summed E-state index contributed by atoms with van der Waals surface area (Å²) >= 11 is 0. The second-order valence-corrected chi connectivity index (χ2v) is 5.27. The van der Waals surface area contributed by atoms with Crippen LogP contribution in [0.5, 0.6) is 11.8 Å². The molecule has 1 amide bonds. The molecule has 0 N–H and O–H groups in total. The number of nitrogens with zero attached hydrogens (tertiary/aromatic N) is 3. The van der Waals surface area contributed by atoms with Gasteiger partial charge in [-0.2, -0.15) is 0 Å². The lowest BCUT2D eigenvalue weighted by Gasteiger charge is -2.17. The molecule has 8 heteroatoms. The zero-order chi connectivity index (χ0) is 16.9. The maximum Gasteiger partial charge on any atom is 0.316 e. The largest absolute Gasteiger partial charge is 0.481 e. The standard InChI is InChI=1S/C16H15F2N3O3/c17-11-7-19-16(20-8-11)24-12-5-6-21(9-12)15(22)10-23-14-4-2-1-3-13(14)18/h1-4,7-8,12H,5-6,9-10H2/t12-/m0/s1. The zero-order valence-corrected chi connectivity index (χ0v) is 12.7. The number of benzene rings is 1. The first kappa shape index (κ1) is 16.1. The van der Waals surface area contributed by atoms with Crippen molar-refractivity contribution < 1.29 is 23.0 Å². The van der Waals surface area contributed by atoms with Crippen LogP contribution in [0.2, 0.25) is 0 Å². The number of carbonyl (C=O) groups excluding carboxylic acids is 1. The Bertz CT molecular complexity index is 712. The molecule has 0 radical (unpaired) electrons. The molecule has 1 fully saturated rings. The molecule has 0 bridgehead atoms. The van der Waals surface area contributed by atoms with Gasteiger partial charge in [-0.3, -0.25) is 4.79 Å². The second-order valence-electron chi connectivity index (χ2n) is 5.27. The molecule has 6 nitrogen and oxygen atoms in total. The molecular weight excluding hydrogens is 320 g/mol. The third-order valence-electron chi connectivity index (χ3n) is 3.55. The summed E-state index contributed by atoms with van der Waals surface area (Å²) in [5.74, 6) is -1.28. The van der Waals surface area contributed by atoms with Crippen LogP contribution in [-0.2, 0) is 4.79 Å². The molecule has 126 valence electrons. The van der Waals surface area contributed by atoms with Crippen LogP contribution in [0.4, 0.5) is 8.78 Å². The summed E-state index contributed by atoms with van der Waals surface area (Å²) in [5, 5.41) is 0. The van der Waals surface area contributed by atoms with Gasteiger partial charge < -0.3 is 14.4 Å². The Morgan fingerprint density at radius 3 is 2.75 bits per heavy atom. The lowest BCUT2D eigenvalue weighted by molar-refractivity contribution is -0.132. The smallest absolute Gasteiger partial charge is 0.316 e. The molecule has 24 heavy (non-hydrogen) atoms. The maximum absolute atomic E-state index is 13.4. The minimum Gasteiger partial charge on any atom is -0.481 e. The number of carbonyl (C=O) groups is 1. The topological polar surface area (TPSA) is 64.5 Å². The van der Waals surface area contributed by atoms with Gasteiger partial charge in [0.05, 0.1) is 18.9 Å². The lowest BCUT2D eigenvalue weighted by Crippen LogP contribution is -2.34. The number of likely N-dealkylation sites (tertiary alicyclic amines) is 1. The third kappa shape index (κ3) is 3.95. The first-order valence-electron chi connectivity index (χ1n) is 7.41. The molecule has 3 rings (SSSR count). The second kappa shape index (κ2) is 7.20. The first-order chi connectivity index (χ1) is 11.6. The summed E-state index contributed by atoms with van der Waals surface area (Å²) in [7, 11) is 0. The van der Waals surface area contributed by atoms with Crippen molar-refractivity contribution in [3.63, 3.8) is 0 Å². The van der Waals surface area contributed by atoms with E-state index in [2.05, 4.69) is 9.97 Å². The molecule has 0 saturated carbocycles. The fourth-order valence-corrected chi connectivity index (χ4v) is 2.35. The summed E-state index contributed by atoms with van der Waals surface area (Å²) in [4.78, 5) is 21.1. The number of halogens is 2. The van der Waals surface area contributed by atoms with E-state index >= 15 is 0 Å². The number of hydrogen-bond donors (Lipinski definition) is 0. The molecule has 1 saturated heterocycles. The van der Waals surface area contributed by atoms with Gasteiger partial charge in [-0.05, 0) is 12.1 Å². The average Bonchev–Trinajstić information content (AvgIpc) is 3.05. The highest BCUT2D eigenvalue weighted by atomic mass is 19.1. The molecule has 1 aliphatic heterocycles. The van der Waals surface area contributed by atoms with Crippen molar-refractivity contribution in [2.45, 2.75) is 12.5 Å². The Hall–Kier alpha value is -2.77. The quantitative estimate of drug-likeness (QED) is 0.834. The van der Waals surface area contributed by atoms with Gasteiger partial charge >= 0.3 is 6.01 Å². The van der Waals surface area contributed by atoms with Crippen molar-refractivity contribution in [1.29, 1.82) is 0 Å². The van der Waals surface area contributed by atoms with E-state index < -0.39 is 11.6 Å². The molecule has 1 aromatic carbocycles. The SMILES string of the molecule is O=C(COc1ccccc1F)N1CC[C@H](Oc2ncc(F)cn2)C1. The van der Waals surface area contributed by atoms with Crippen molar-refractivity contribution >= 4 is 5.91 Å². The molecule has 1 aliphatic rings. The van der Waals surface area contributed by atoms with Gasteiger partial charge in [0.1, 0.15) is 6.10 Å². The normalized spacial score (nSPS) is 16.9. The van der Waals surface area contributed by atoms with Crippen molar-refractivity contribution in [2.24, 2.45) is 0 Å². The van der Waals surface area contributed by atoms with Gasteiger partial charge in [0.15, 0.2) is 24.0 Å². The van der Waals surface area contributed by atoms with Gasteiger partial charge in [0, 0.05) is 13.0 Å². The highest BCUT2D eigenvalue weighted by molar-refractivity contribution is 5.78. The molecule has 2 heterocycles. The molecular formula is C16H15F2N3O3. The highest BCUT2D eigenvalue weighted by Crippen LogP contribution is 2.17. The van der Waals surface area contributed by atoms with Crippen molar-refractivity contribution in [1.82, 2.24) is 14.9 Å². The van der Waals surface area contributed by atoms with E-state index in [-0.39, 0.29) is 30.4 Å². The molecule has 2 aromatic rings. The summed E-state index contributed by atoms with van der Waals surface area (Å²) in [6.45, 7) is 0.590. The molecule has 0 spiro atoms. The van der Waals surface area contributed by atoms with Crippen LogP contribution in [0.1, 0.15) is 6.42 Å². The van der Waals surface area contributed by atoms with Gasteiger partial charge in [0.25, 0.3) is 5.91 Å². The number of hydrogen-bond acceptors (Lipinski definition) is 5. The van der Waals surface area contributed by atoms with E-state index in [0.717, 1.165) is 12.4 Å². The number of aromatic nitrogens is 2. The number of amides is 1. The van der Waals surface area contributed by atoms with Crippen molar-refractivity contribution in [3.05, 3.63) is 48.3 Å². The zero-order valence-electron chi connectivity index (χ0n) is 12.7. The molecule has 0 aliphatic carbocycles. The van der Waals surface area contributed by atoms with E-state index in [1.54, 1.807) is 17.0 Å². The van der Waals surface area contributed by atoms with E-state index in [4.69, 9.17) is 9.47 Å². The van der Waals surface area contributed by atoms with E-state index in [9.17, 15) is 13.6 Å². The summed E-state index contributed by atoms with van der Waals surface area (Å²) < 4.78 is 36.9. The van der Waals surface area contributed by atoms with Crippen LogP contribution in [0.3, 0.4) is 0 Å². The van der Waals surface area contributed by atoms with Gasteiger partial charge in [-0.25, -0.2) is 18.7 Å². The summed E-state index contributed by atoms with van der Waals surface area (Å²) in [6.07, 6.45) is 2.37. The minimum absolute atomic E-state index is 0.0394. The fraction of sp³-hybridized carbons (Fsp3) is 0.312. The number of para-hydroxylation sites is 1. The highest BCUT2D eigenvalue weighted by Gasteiger charge is 2.28. The monoisotopic (exact) mass is 335 g/mol. The van der Waals surface area contributed by atoms with E-state index in [0.29, 0.717) is 19.5 Å². The van der Waals surface area contributed by atoms with Crippen LogP contribution in [0, 0.1) is 11.6 Å². The fourth-order valence-electron chi connectivity index (χ4n) is 2.35. The summed E-state index contributed by atoms with van der Waals surface area (Å²) in [5.41, 5.74) is 0. The maximum atomic E-state index is 13.4. The van der Waals surface area contributed by atoms with Gasteiger partial charge in [0.2, 0.25) is 0 Å². The Kier molecular flexibility index (Phi) is 4.83. The Balaban J connectivity index is 1.49. The van der Waals surface area contributed by atoms with Gasteiger partial charge in [-0.15, -0.1) is 0 Å². The van der Waals surface area contributed by atoms with Crippen LogP contribution in [0.25, 0.3) is 0 Å². The molecule has 1 aromatic heterocycles. The minimum atomic E-state index is -0.545. The number of ether oxygens (including phenoxy) is 2. The first-order valence-corrected chi connectivity index (χ1v) is 7.41. The predicted octanol–water partition coefficient (Wildman–Crippen LogP) is 1.81. The predicted molar refractivity (Wildman–Crippen MR) is 79.5 cm³/mol. The third-order valence-corrected chi connectivity index (χ3v) is 3.55. The van der Waals surface area contributed by atoms with Crippen LogP contribution < -0.4 is 9.47 Å². The van der Waals surface area contributed by atoms with Crippen molar-refractivity contribution in [3.8, 4) is 11.8 Å². The van der Waals surface area contributed by atoms with E-state index in [1.165, 1.54) is 12.1 Å². The van der Waals surface area contributed by atoms with Crippen LogP contribution in [-0.4, -0.2) is 46.6 Å². The Morgan fingerprint density at radius 2 is 2.00 bits per heavy atom. The molecule has 1 atom stereocenters. The van der Waals surface area contributed by atoms with Crippen LogP contribution in [0.15, 0.2) is 36.7 Å². The summed E-state index contributed by atoms with van der Waals surface area (Å²) in [6, 6.07) is 5.97. The van der Waals surface area contributed by atoms with Crippen molar-refractivity contribution in [2.75, 3.05) is 19.7 Å². The molecule has 0 unspecified atom stereocenters.